The number of benzene rings is 2. The number of aryl methyl sites for hydroxylation is 1. The zero-order valence-electron chi connectivity index (χ0n) is 64.7. The Bertz CT molecular complexity index is 3700. The van der Waals surface area contributed by atoms with E-state index in [1.165, 1.54) is 71.7 Å². The molecular formula is C77H107ClF6N12O14. The number of carbonyl (C=O) groups is 12. The monoisotopic (exact) mass is 1570 g/mol. The van der Waals surface area contributed by atoms with E-state index in [1.54, 1.807) is 32.9 Å². The second-order valence-electron chi connectivity index (χ2n) is 30.6. The molecule has 10 atom stereocenters. The van der Waals surface area contributed by atoms with Crippen LogP contribution in [0.2, 0.25) is 5.02 Å². The summed E-state index contributed by atoms with van der Waals surface area (Å²) in [5, 5.41) is 7.87. The maximum absolute atomic E-state index is 15.7. The van der Waals surface area contributed by atoms with Gasteiger partial charge in [0.2, 0.25) is 70.9 Å². The molecular weight excluding hydrogens is 1470 g/mol. The Morgan fingerprint density at radius 1 is 0.673 bits per heavy atom. The summed E-state index contributed by atoms with van der Waals surface area (Å²) in [6, 6.07) is -4.56. The minimum absolute atomic E-state index is 0.0527. The predicted molar refractivity (Wildman–Crippen MR) is 392 cm³/mol. The van der Waals surface area contributed by atoms with E-state index in [-0.39, 0.29) is 114 Å². The van der Waals surface area contributed by atoms with Gasteiger partial charge in [-0.3, -0.25) is 57.5 Å². The van der Waals surface area contributed by atoms with E-state index >= 15 is 43.2 Å². The van der Waals surface area contributed by atoms with Crippen molar-refractivity contribution in [2.45, 2.75) is 210 Å². The number of rotatable bonds is 13. The zero-order valence-corrected chi connectivity index (χ0v) is 65.4. The normalized spacial score (nSPS) is 26.7. The summed E-state index contributed by atoms with van der Waals surface area (Å²) in [5.74, 6) is -10.6. The number of carbonyl (C=O) groups excluding carboxylic acids is 12. The van der Waals surface area contributed by atoms with Crippen molar-refractivity contribution in [2.75, 3.05) is 101 Å². The van der Waals surface area contributed by atoms with Gasteiger partial charge in [-0.2, -0.15) is 26.3 Å². The van der Waals surface area contributed by atoms with E-state index in [0.29, 0.717) is 38.5 Å². The molecule has 2 saturated carbocycles. The van der Waals surface area contributed by atoms with Crippen LogP contribution in [0.5, 0.6) is 0 Å². The molecule has 5 fully saturated rings. The maximum atomic E-state index is 15.7. The van der Waals surface area contributed by atoms with Gasteiger partial charge in [0.25, 0.3) is 0 Å². The van der Waals surface area contributed by atoms with Crippen LogP contribution in [0.25, 0.3) is 0 Å². The number of alkyl halides is 6. The number of hydrogen-bond acceptors (Lipinski definition) is 14. The Labute approximate surface area is 643 Å². The maximum Gasteiger partial charge on any atom is 0.417 e. The Balaban J connectivity index is 1.23. The van der Waals surface area contributed by atoms with E-state index in [9.17, 15) is 40.7 Å². The van der Waals surface area contributed by atoms with Gasteiger partial charge < -0.3 is 69.5 Å². The smallest absolute Gasteiger partial charge is 0.378 e. The van der Waals surface area contributed by atoms with Crippen molar-refractivity contribution in [3.8, 4) is 0 Å². The van der Waals surface area contributed by atoms with Crippen LogP contribution in [0, 0.1) is 17.8 Å². The van der Waals surface area contributed by atoms with E-state index in [4.69, 9.17) is 21.1 Å². The van der Waals surface area contributed by atoms with E-state index in [2.05, 4.69) is 16.0 Å². The second-order valence-corrected chi connectivity index (χ2v) is 31.0. The molecule has 2 aliphatic carbocycles. The summed E-state index contributed by atoms with van der Waals surface area (Å²) in [4.78, 5) is 193. The third-order valence-electron chi connectivity index (χ3n) is 22.6. The van der Waals surface area contributed by atoms with Gasteiger partial charge in [-0.15, -0.1) is 0 Å². The minimum Gasteiger partial charge on any atom is -0.378 e. The number of morpholine rings is 1. The molecule has 0 unspecified atom stereocenters. The van der Waals surface area contributed by atoms with Crippen molar-refractivity contribution < 1.29 is 93.4 Å². The summed E-state index contributed by atoms with van der Waals surface area (Å²) >= 11 is 6.18. The summed E-state index contributed by atoms with van der Waals surface area (Å²) in [5.41, 5.74) is -3.47. The molecule has 2 aromatic carbocycles. The largest absolute Gasteiger partial charge is 0.417 e. The SMILES string of the molecule is CCO[C@@H]1C[C@H]2C(=O)NC3(CCC3)C(=O)N(C)[C@@H](C3CCCC3)C(=O)N(C)[C@H](C(=O)N3CCOCC3)CC(=O)N(C)[C@@H](CC(C)C)C(=O)N[C@@H]([C@@H](C)CC)C(=O)N(C)CC(=O)N(C)[C@H]3C/C=C\CCN(C3=O)[C@@H](Cc3ccc(C(F)(F)F)cc3)C(=O)N(C)CC(=O)N[C@@H](CCc3ccc(C(F)(F)F)c(Cl)c3)C(=O)N2C1. The van der Waals surface area contributed by atoms with Crippen LogP contribution in [0.4, 0.5) is 26.3 Å². The highest BCUT2D eigenvalue weighted by Crippen LogP contribution is 2.40. The molecule has 2 aromatic rings. The van der Waals surface area contributed by atoms with Gasteiger partial charge in [0.1, 0.15) is 53.9 Å². The van der Waals surface area contributed by atoms with E-state index < -0.39 is 197 Å². The number of ether oxygens (including phenoxy) is 2. The fraction of sp³-hybridized carbons (Fsp3) is 0.662. The molecule has 3 N–H and O–H groups in total. The van der Waals surface area contributed by atoms with E-state index in [1.807, 2.05) is 13.8 Å². The Morgan fingerprint density at radius 3 is 1.91 bits per heavy atom. The number of fused-ring (bicyclic) bond motifs is 3. The van der Waals surface area contributed by atoms with Crippen molar-refractivity contribution in [3.05, 3.63) is 81.9 Å². The topological polar surface area (TPSA) is 289 Å². The molecule has 4 heterocycles. The number of hydrogen-bond donors (Lipinski definition) is 3. The highest BCUT2D eigenvalue weighted by atomic mass is 35.5. The van der Waals surface area contributed by atoms with Crippen LogP contribution in [0.3, 0.4) is 0 Å². The Kier molecular flexibility index (Phi) is 29.9. The van der Waals surface area contributed by atoms with Gasteiger partial charge in [0, 0.05) is 87.9 Å². The number of likely N-dealkylation sites (N-methyl/N-ethyl adjacent to an activating group) is 6. The molecule has 110 heavy (non-hydrogen) atoms. The quantitative estimate of drug-likeness (QED) is 0.156. The van der Waals surface area contributed by atoms with E-state index in [0.717, 1.165) is 57.2 Å². The van der Waals surface area contributed by atoms with Gasteiger partial charge in [-0.05, 0) is 124 Å². The van der Waals surface area contributed by atoms with Gasteiger partial charge in [-0.1, -0.05) is 88.9 Å². The molecule has 4 aliphatic heterocycles. The summed E-state index contributed by atoms with van der Waals surface area (Å²) in [7, 11) is 8.06. The summed E-state index contributed by atoms with van der Waals surface area (Å²) in [6.07, 6.45) is -5.50. The van der Waals surface area contributed by atoms with Crippen molar-refractivity contribution in [3.63, 3.8) is 0 Å². The number of amides is 12. The zero-order chi connectivity index (χ0) is 81.0. The highest BCUT2D eigenvalue weighted by molar-refractivity contribution is 6.31. The average molecular weight is 1570 g/mol. The molecule has 0 radical (unpaired) electrons. The van der Waals surface area contributed by atoms with Crippen molar-refractivity contribution in [2.24, 2.45) is 17.8 Å². The van der Waals surface area contributed by atoms with Gasteiger partial charge in [-0.25, -0.2) is 0 Å². The van der Waals surface area contributed by atoms with Crippen molar-refractivity contribution >= 4 is 82.5 Å². The van der Waals surface area contributed by atoms with Crippen molar-refractivity contribution in [1.29, 1.82) is 0 Å². The molecule has 1 spiro atoms. The molecule has 2 bridgehead atoms. The van der Waals surface area contributed by atoms with Crippen LogP contribution < -0.4 is 16.0 Å². The first-order valence-electron chi connectivity index (χ1n) is 38.0. The van der Waals surface area contributed by atoms with Crippen molar-refractivity contribution in [1.82, 2.24) is 60.0 Å². The first-order chi connectivity index (χ1) is 51.8. The molecule has 3 saturated heterocycles. The Morgan fingerprint density at radius 2 is 1.32 bits per heavy atom. The molecule has 8 rings (SSSR count). The number of nitrogens with zero attached hydrogens (tertiary/aromatic N) is 9. The average Bonchev–Trinajstić information content (AvgIpc) is 1.12. The van der Waals surface area contributed by atoms with Crippen LogP contribution in [0.15, 0.2) is 54.6 Å². The summed E-state index contributed by atoms with van der Waals surface area (Å²) in [6.45, 7) is 7.50. The van der Waals surface area contributed by atoms with Crippen LogP contribution >= 0.6 is 11.6 Å². The third-order valence-corrected chi connectivity index (χ3v) is 22.9. The number of halogens is 7. The first kappa shape index (κ1) is 87.2. The minimum atomic E-state index is -4.83. The standard InChI is InChI=1S/C77H107ClF6N12O14/c1-12-47(5)64-72(106)89(7)45-63(99)90(8)56-22-15-14-18-33-95(71(56)105)60(40-49-23-27-51(28-24-49)76(79,80)81)69(103)88(6)44-61(97)85-55(30-26-48-25-29-53(54(78)39-48)77(82,83)84)68(102)96-43-52(110-13-2)41-58(96)67(101)87-75(31-19-32-75)74(108)93(11)65(50-20-16-17-21-50)73(107)92(10)59(70(104)94-34-36-109-37-35-94)42-62(98)91(9)57(38-46(3)4)66(100)86-64/h14-15,23-25,27-29,39,46-47,50,52,55-60,64-65H,12-13,16-22,26,30-38,40-45H2,1-11H3,(H,85,97)(H,86,100)(H,87,101)/b15-14-/t47-,52+,55-,56-,57-,58-,59-,60-,64-,65-/m0/s1. The lowest BCUT2D eigenvalue weighted by Gasteiger charge is -2.47. The van der Waals surface area contributed by atoms with Crippen LogP contribution in [0.1, 0.15) is 147 Å². The predicted octanol–water partition coefficient (Wildman–Crippen LogP) is 5.88. The molecule has 608 valence electrons. The molecule has 6 aliphatic rings. The van der Waals surface area contributed by atoms with Gasteiger partial charge >= 0.3 is 12.4 Å². The van der Waals surface area contributed by atoms with Gasteiger partial charge in [0.05, 0.1) is 55.0 Å². The lowest BCUT2D eigenvalue weighted by Crippen LogP contribution is -2.68. The molecule has 33 heteroatoms. The molecule has 0 aromatic heterocycles. The third kappa shape index (κ3) is 21.0. The lowest BCUT2D eigenvalue weighted by atomic mass is 9.74. The molecule has 12 amide bonds. The first-order valence-corrected chi connectivity index (χ1v) is 38.4. The number of nitrogens with one attached hydrogen (secondary N) is 3. The van der Waals surface area contributed by atoms with Gasteiger partial charge in [0.15, 0.2) is 0 Å². The highest BCUT2D eigenvalue weighted by Gasteiger charge is 2.54. The Hall–Kier alpha value is -8.39. The van der Waals surface area contributed by atoms with Crippen LogP contribution in [-0.2, 0) is 92.2 Å². The fourth-order valence-electron chi connectivity index (χ4n) is 15.6. The van der Waals surface area contributed by atoms with Crippen LogP contribution in [-0.4, -0.2) is 276 Å². The summed E-state index contributed by atoms with van der Waals surface area (Å²) < 4.78 is 95.6. The molecule has 26 nitrogen and oxygen atoms in total. The fourth-order valence-corrected chi connectivity index (χ4v) is 15.9. The lowest BCUT2D eigenvalue weighted by molar-refractivity contribution is -0.159. The second kappa shape index (κ2) is 37.8.